The van der Waals surface area contributed by atoms with E-state index < -0.39 is 10.0 Å². The van der Waals surface area contributed by atoms with Gasteiger partial charge in [-0.15, -0.1) is 0 Å². The van der Waals surface area contributed by atoms with E-state index in [0.717, 1.165) is 32.5 Å². The number of hydrogen-bond acceptors (Lipinski definition) is 5. The number of rotatable bonds is 6. The minimum atomic E-state index is -3.70. The predicted molar refractivity (Wildman–Crippen MR) is 160 cm³/mol. The van der Waals surface area contributed by atoms with Crippen LogP contribution in [0.5, 0.6) is 0 Å². The van der Waals surface area contributed by atoms with Gasteiger partial charge in [0.2, 0.25) is 10.0 Å². The van der Waals surface area contributed by atoms with Crippen LogP contribution in [0.25, 0.3) is 10.2 Å². The molecule has 1 aliphatic rings. The van der Waals surface area contributed by atoms with Crippen LogP contribution in [0, 0.1) is 13.8 Å². The first-order valence-electron chi connectivity index (χ1n) is 13.2. The highest BCUT2D eigenvalue weighted by atomic mass is 32.2. The van der Waals surface area contributed by atoms with Crippen LogP contribution in [-0.2, 0) is 29.5 Å². The summed E-state index contributed by atoms with van der Waals surface area (Å²) in [4.78, 5) is 20.6. The molecule has 0 spiro atoms. The molecule has 0 saturated carbocycles. The Morgan fingerprint density at radius 3 is 2.38 bits per heavy atom. The number of aromatic nitrogens is 1. The number of anilines is 1. The van der Waals surface area contributed by atoms with Crippen molar-refractivity contribution in [3.8, 4) is 0 Å². The Morgan fingerprint density at radius 1 is 0.925 bits per heavy atom. The standard InChI is InChI=1S/C32H29N3O3S2/c1-22-18-23(2)30-29(19-22)39-32(33-30)35(20-24-8-4-3-5-9-24)31(36)26-12-14-28(15-13-26)40(37,38)34-17-16-25-10-6-7-11-27(25)21-34/h3-15,18-19H,16-17,20-21H2,1-2H3. The van der Waals surface area contributed by atoms with Crippen molar-refractivity contribution in [1.29, 1.82) is 0 Å². The monoisotopic (exact) mass is 567 g/mol. The van der Waals surface area contributed by atoms with E-state index in [1.165, 1.54) is 33.3 Å². The molecule has 0 radical (unpaired) electrons. The molecule has 0 aliphatic carbocycles. The number of aryl methyl sites for hydroxylation is 2. The van der Waals surface area contributed by atoms with Crippen molar-refractivity contribution in [1.82, 2.24) is 9.29 Å². The molecule has 8 heteroatoms. The third kappa shape index (κ3) is 5.06. The van der Waals surface area contributed by atoms with E-state index in [1.54, 1.807) is 17.0 Å². The van der Waals surface area contributed by atoms with Gasteiger partial charge in [-0.05, 0) is 78.4 Å². The Kier molecular flexibility index (Phi) is 7.00. The van der Waals surface area contributed by atoms with Crippen LogP contribution in [0.1, 0.15) is 38.2 Å². The van der Waals surface area contributed by atoms with Gasteiger partial charge in [0.1, 0.15) is 0 Å². The van der Waals surface area contributed by atoms with Gasteiger partial charge in [-0.3, -0.25) is 9.69 Å². The first-order chi connectivity index (χ1) is 19.3. The summed E-state index contributed by atoms with van der Waals surface area (Å²) in [5, 5.41) is 0.612. The summed E-state index contributed by atoms with van der Waals surface area (Å²) < 4.78 is 29.5. The normalized spacial score (nSPS) is 13.8. The van der Waals surface area contributed by atoms with E-state index in [2.05, 4.69) is 25.1 Å². The van der Waals surface area contributed by atoms with Crippen molar-refractivity contribution < 1.29 is 13.2 Å². The molecule has 1 amide bonds. The molecule has 40 heavy (non-hydrogen) atoms. The lowest BCUT2D eigenvalue weighted by Crippen LogP contribution is -2.36. The van der Waals surface area contributed by atoms with Gasteiger partial charge >= 0.3 is 0 Å². The summed E-state index contributed by atoms with van der Waals surface area (Å²) in [6.07, 6.45) is 0.682. The lowest BCUT2D eigenvalue weighted by molar-refractivity contribution is 0.0985. The average molecular weight is 568 g/mol. The van der Waals surface area contributed by atoms with E-state index in [4.69, 9.17) is 4.98 Å². The molecule has 202 valence electrons. The van der Waals surface area contributed by atoms with Crippen molar-refractivity contribution in [2.45, 2.75) is 38.3 Å². The maximum atomic E-state index is 13.9. The zero-order chi connectivity index (χ0) is 27.9. The first-order valence-corrected chi connectivity index (χ1v) is 15.5. The third-order valence-corrected chi connectivity index (χ3v) is 10.2. The van der Waals surface area contributed by atoms with Crippen LogP contribution in [0.3, 0.4) is 0 Å². The molecule has 0 atom stereocenters. The minimum absolute atomic E-state index is 0.184. The molecule has 2 heterocycles. The highest BCUT2D eigenvalue weighted by Crippen LogP contribution is 2.33. The molecule has 1 aromatic heterocycles. The summed E-state index contributed by atoms with van der Waals surface area (Å²) in [5.41, 5.74) is 6.71. The highest BCUT2D eigenvalue weighted by molar-refractivity contribution is 7.89. The lowest BCUT2D eigenvalue weighted by Gasteiger charge is -2.28. The molecule has 6 nitrogen and oxygen atoms in total. The second kappa shape index (κ2) is 10.6. The summed E-state index contributed by atoms with van der Waals surface area (Å²) in [6.45, 7) is 5.21. The Labute approximate surface area is 238 Å². The zero-order valence-electron chi connectivity index (χ0n) is 22.4. The molecule has 6 rings (SSSR count). The van der Waals surface area contributed by atoms with E-state index in [9.17, 15) is 13.2 Å². The predicted octanol–water partition coefficient (Wildman–Crippen LogP) is 6.51. The molecule has 0 fully saturated rings. The van der Waals surface area contributed by atoms with Crippen molar-refractivity contribution >= 4 is 42.6 Å². The summed E-state index contributed by atoms with van der Waals surface area (Å²) in [7, 11) is -3.70. The first kappa shape index (κ1) is 26.4. The van der Waals surface area contributed by atoms with Gasteiger partial charge in [0.15, 0.2) is 5.13 Å². The molecule has 0 bridgehead atoms. The van der Waals surface area contributed by atoms with Gasteiger partial charge < -0.3 is 0 Å². The van der Waals surface area contributed by atoms with Crippen LogP contribution >= 0.6 is 11.3 Å². The zero-order valence-corrected chi connectivity index (χ0v) is 24.0. The second-order valence-electron chi connectivity index (χ2n) is 10.2. The summed E-state index contributed by atoms with van der Waals surface area (Å²) >= 11 is 1.49. The molecule has 0 unspecified atom stereocenters. The van der Waals surface area contributed by atoms with Crippen LogP contribution in [0.2, 0.25) is 0 Å². The van der Waals surface area contributed by atoms with Gasteiger partial charge in [-0.1, -0.05) is 72.0 Å². The number of amides is 1. The topological polar surface area (TPSA) is 70.6 Å². The molecule has 4 aromatic carbocycles. The lowest BCUT2D eigenvalue weighted by atomic mass is 10.0. The molecule has 0 saturated heterocycles. The van der Waals surface area contributed by atoms with E-state index >= 15 is 0 Å². The van der Waals surface area contributed by atoms with Gasteiger partial charge in [-0.2, -0.15) is 4.31 Å². The van der Waals surface area contributed by atoms with Gasteiger partial charge in [0, 0.05) is 18.7 Å². The number of carbonyl (C=O) groups is 1. The fraction of sp³-hybridized carbons (Fsp3) is 0.188. The van der Waals surface area contributed by atoms with Crippen LogP contribution in [0.15, 0.2) is 95.9 Å². The van der Waals surface area contributed by atoms with Gasteiger partial charge in [0.25, 0.3) is 5.91 Å². The van der Waals surface area contributed by atoms with Crippen molar-refractivity contribution in [3.05, 3.63) is 124 Å². The quantitative estimate of drug-likeness (QED) is 0.235. The number of carbonyl (C=O) groups excluding carboxylic acids is 1. The van der Waals surface area contributed by atoms with Crippen LogP contribution in [0.4, 0.5) is 5.13 Å². The Morgan fingerprint density at radius 2 is 1.62 bits per heavy atom. The summed E-state index contributed by atoms with van der Waals surface area (Å²) in [6, 6.07) is 28.2. The van der Waals surface area contributed by atoms with Gasteiger partial charge in [-0.25, -0.2) is 13.4 Å². The number of benzene rings is 4. The maximum Gasteiger partial charge on any atom is 0.260 e. The SMILES string of the molecule is Cc1cc(C)c2nc(N(Cc3ccccc3)C(=O)c3ccc(S(=O)(=O)N4CCc5ccccc5C4)cc3)sc2c1. The smallest absolute Gasteiger partial charge is 0.260 e. The fourth-order valence-corrected chi connectivity index (χ4v) is 7.77. The molecule has 1 aliphatic heterocycles. The molecule has 0 N–H and O–H groups in total. The Hall–Kier alpha value is -3.85. The largest absolute Gasteiger partial charge is 0.279 e. The minimum Gasteiger partial charge on any atom is -0.279 e. The Balaban J connectivity index is 1.30. The number of sulfonamides is 1. The Bertz CT molecular complexity index is 1810. The summed E-state index contributed by atoms with van der Waals surface area (Å²) in [5.74, 6) is -0.229. The highest BCUT2D eigenvalue weighted by Gasteiger charge is 2.29. The van der Waals surface area contributed by atoms with E-state index in [-0.39, 0.29) is 10.8 Å². The fourth-order valence-electron chi connectivity index (χ4n) is 5.22. The van der Waals surface area contributed by atoms with Crippen molar-refractivity contribution in [2.75, 3.05) is 11.4 Å². The van der Waals surface area contributed by atoms with Crippen molar-refractivity contribution in [2.24, 2.45) is 0 Å². The maximum absolute atomic E-state index is 13.9. The molecular formula is C32H29N3O3S2. The molecular weight excluding hydrogens is 539 g/mol. The molecule has 5 aromatic rings. The average Bonchev–Trinajstić information content (AvgIpc) is 3.40. The van der Waals surface area contributed by atoms with E-state index in [1.807, 2.05) is 55.5 Å². The third-order valence-electron chi connectivity index (χ3n) is 7.31. The number of fused-ring (bicyclic) bond motifs is 2. The van der Waals surface area contributed by atoms with Crippen LogP contribution in [-0.4, -0.2) is 30.2 Å². The number of nitrogens with zero attached hydrogens (tertiary/aromatic N) is 3. The van der Waals surface area contributed by atoms with Gasteiger partial charge in [0.05, 0.1) is 21.7 Å². The van der Waals surface area contributed by atoms with Crippen molar-refractivity contribution in [3.63, 3.8) is 0 Å². The number of hydrogen-bond donors (Lipinski definition) is 0. The van der Waals surface area contributed by atoms with E-state index in [0.29, 0.717) is 36.8 Å². The second-order valence-corrected chi connectivity index (χ2v) is 13.1. The van der Waals surface area contributed by atoms with Crippen LogP contribution < -0.4 is 4.90 Å². The number of thiazole rings is 1.